The highest BCUT2D eigenvalue weighted by atomic mass is 16.5. The molecule has 1 saturated heterocycles. The number of aromatic nitrogens is 2. The number of benzene rings is 1. The van der Waals surface area contributed by atoms with E-state index in [4.69, 9.17) is 15.2 Å². The second kappa shape index (κ2) is 9.22. The first-order chi connectivity index (χ1) is 14.0. The Balaban J connectivity index is 1.69. The first kappa shape index (κ1) is 20.4. The van der Waals surface area contributed by atoms with Gasteiger partial charge in [0.15, 0.2) is 11.6 Å². The fraction of sp³-hybridized carbons (Fsp3) is 0.400. The second-order valence-corrected chi connectivity index (χ2v) is 6.67. The predicted octanol–water partition coefficient (Wildman–Crippen LogP) is 2.37. The van der Waals surface area contributed by atoms with Crippen LogP contribution in [0.2, 0.25) is 0 Å². The topological polar surface area (TPSA) is 120 Å². The van der Waals surface area contributed by atoms with Gasteiger partial charge in [0.2, 0.25) is 0 Å². The van der Waals surface area contributed by atoms with Crippen molar-refractivity contribution in [2.45, 2.75) is 19.8 Å². The van der Waals surface area contributed by atoms with Gasteiger partial charge < -0.3 is 25.4 Å². The number of carbonyl (C=O) groups is 2. The molecule has 0 amide bonds. The summed E-state index contributed by atoms with van der Waals surface area (Å²) in [5.74, 6) is 0.491. The van der Waals surface area contributed by atoms with Crippen LogP contribution in [-0.2, 0) is 14.3 Å². The maximum Gasteiger partial charge on any atom is 0.338 e. The van der Waals surface area contributed by atoms with Crippen LogP contribution in [0.4, 0.5) is 23.0 Å². The number of nitrogens with one attached hydrogen (secondary N) is 1. The molecule has 154 valence electrons. The van der Waals surface area contributed by atoms with Crippen LogP contribution in [0.1, 0.15) is 30.1 Å². The monoisotopic (exact) mass is 399 g/mol. The van der Waals surface area contributed by atoms with E-state index in [0.29, 0.717) is 55.4 Å². The van der Waals surface area contributed by atoms with Crippen LogP contribution >= 0.6 is 0 Å². The third-order valence-electron chi connectivity index (χ3n) is 4.85. The highest BCUT2D eigenvalue weighted by Gasteiger charge is 2.27. The van der Waals surface area contributed by atoms with Gasteiger partial charge in [-0.15, -0.1) is 0 Å². The molecule has 1 aromatic carbocycles. The Hall–Kier alpha value is -3.36. The predicted molar refractivity (Wildman–Crippen MR) is 109 cm³/mol. The van der Waals surface area contributed by atoms with Crippen molar-refractivity contribution in [1.82, 2.24) is 9.97 Å². The Bertz CT molecular complexity index is 864. The lowest BCUT2D eigenvalue weighted by Gasteiger charge is -2.32. The van der Waals surface area contributed by atoms with Crippen molar-refractivity contribution in [2.75, 3.05) is 42.8 Å². The van der Waals surface area contributed by atoms with Gasteiger partial charge >= 0.3 is 11.9 Å². The molecule has 0 saturated carbocycles. The Morgan fingerprint density at radius 2 is 1.90 bits per heavy atom. The van der Waals surface area contributed by atoms with Crippen LogP contribution in [0.15, 0.2) is 30.6 Å². The quantitative estimate of drug-likeness (QED) is 0.705. The minimum absolute atomic E-state index is 0.0881. The Labute approximate surface area is 169 Å². The van der Waals surface area contributed by atoms with Gasteiger partial charge in [-0.2, -0.15) is 0 Å². The van der Waals surface area contributed by atoms with E-state index in [-0.39, 0.29) is 17.9 Å². The molecule has 1 aromatic heterocycles. The number of anilines is 4. The van der Waals surface area contributed by atoms with E-state index in [1.807, 2.05) is 4.90 Å². The smallest absolute Gasteiger partial charge is 0.338 e. The van der Waals surface area contributed by atoms with E-state index in [0.717, 1.165) is 5.69 Å². The van der Waals surface area contributed by atoms with Crippen molar-refractivity contribution in [2.24, 2.45) is 5.92 Å². The van der Waals surface area contributed by atoms with Crippen molar-refractivity contribution >= 4 is 34.9 Å². The number of nitrogen functional groups attached to an aromatic ring is 1. The van der Waals surface area contributed by atoms with Gasteiger partial charge in [-0.25, -0.2) is 14.8 Å². The van der Waals surface area contributed by atoms with Crippen molar-refractivity contribution in [3.8, 4) is 0 Å². The highest BCUT2D eigenvalue weighted by Crippen LogP contribution is 2.31. The zero-order chi connectivity index (χ0) is 20.8. The van der Waals surface area contributed by atoms with Crippen LogP contribution < -0.4 is 16.0 Å². The summed E-state index contributed by atoms with van der Waals surface area (Å²) >= 11 is 0. The lowest BCUT2D eigenvalue weighted by molar-refractivity contribution is -0.146. The van der Waals surface area contributed by atoms with Gasteiger partial charge in [0, 0.05) is 18.8 Å². The fourth-order valence-electron chi connectivity index (χ4n) is 3.27. The van der Waals surface area contributed by atoms with E-state index in [1.165, 1.54) is 13.4 Å². The summed E-state index contributed by atoms with van der Waals surface area (Å²) in [6, 6.07) is 6.87. The molecular weight excluding hydrogens is 374 g/mol. The normalized spacial score (nSPS) is 14.3. The van der Waals surface area contributed by atoms with E-state index in [2.05, 4.69) is 15.3 Å². The van der Waals surface area contributed by atoms with E-state index < -0.39 is 0 Å². The molecule has 2 aromatic rings. The van der Waals surface area contributed by atoms with E-state index in [1.54, 1.807) is 31.2 Å². The SMILES string of the molecule is CCOC(=O)c1ccc(Nc2ncnc(N3CCC(C(=O)OC)CC3)c2N)cc1. The Morgan fingerprint density at radius 3 is 2.52 bits per heavy atom. The molecule has 29 heavy (non-hydrogen) atoms. The molecule has 0 aliphatic carbocycles. The molecule has 3 N–H and O–H groups in total. The van der Waals surface area contributed by atoms with Crippen LogP contribution in [0.5, 0.6) is 0 Å². The minimum Gasteiger partial charge on any atom is -0.469 e. The maximum atomic E-state index is 11.8. The van der Waals surface area contributed by atoms with E-state index in [9.17, 15) is 9.59 Å². The highest BCUT2D eigenvalue weighted by molar-refractivity contribution is 5.90. The first-order valence-electron chi connectivity index (χ1n) is 9.51. The van der Waals surface area contributed by atoms with Gasteiger partial charge in [-0.05, 0) is 44.0 Å². The van der Waals surface area contributed by atoms with Crippen LogP contribution in [0, 0.1) is 5.92 Å². The number of esters is 2. The molecule has 2 heterocycles. The third kappa shape index (κ3) is 4.74. The molecule has 1 fully saturated rings. The fourth-order valence-corrected chi connectivity index (χ4v) is 3.27. The molecule has 1 aliphatic rings. The molecule has 0 bridgehead atoms. The number of ether oxygens (including phenoxy) is 2. The van der Waals surface area contributed by atoms with Crippen molar-refractivity contribution < 1.29 is 19.1 Å². The molecule has 3 rings (SSSR count). The van der Waals surface area contributed by atoms with Crippen LogP contribution in [0.3, 0.4) is 0 Å². The number of methoxy groups -OCH3 is 1. The summed E-state index contributed by atoms with van der Waals surface area (Å²) in [7, 11) is 1.41. The zero-order valence-electron chi connectivity index (χ0n) is 16.6. The van der Waals surface area contributed by atoms with Crippen LogP contribution in [-0.4, -0.2) is 48.7 Å². The van der Waals surface area contributed by atoms with Gasteiger partial charge in [-0.3, -0.25) is 4.79 Å². The van der Waals surface area contributed by atoms with Crippen molar-refractivity contribution in [1.29, 1.82) is 0 Å². The molecule has 1 aliphatic heterocycles. The largest absolute Gasteiger partial charge is 0.469 e. The molecule has 9 nitrogen and oxygen atoms in total. The lowest BCUT2D eigenvalue weighted by atomic mass is 9.97. The van der Waals surface area contributed by atoms with E-state index >= 15 is 0 Å². The van der Waals surface area contributed by atoms with Gasteiger partial charge in [0.25, 0.3) is 0 Å². The standard InChI is InChI=1S/C20H25N5O4/c1-3-29-20(27)13-4-6-15(7-5-13)24-17-16(21)18(23-12-22-17)25-10-8-14(9-11-25)19(26)28-2/h4-7,12,14H,3,8-11,21H2,1-2H3,(H,22,23,24). The molecule has 0 atom stereocenters. The number of nitrogens with zero attached hydrogens (tertiary/aromatic N) is 3. The average Bonchev–Trinajstić information content (AvgIpc) is 2.75. The summed E-state index contributed by atoms with van der Waals surface area (Å²) < 4.78 is 9.81. The molecule has 0 unspecified atom stereocenters. The number of hydrogen-bond acceptors (Lipinski definition) is 9. The summed E-state index contributed by atoms with van der Waals surface area (Å²) in [4.78, 5) is 34.1. The number of nitrogens with two attached hydrogens (primary N) is 1. The minimum atomic E-state index is -0.363. The maximum absolute atomic E-state index is 11.8. The summed E-state index contributed by atoms with van der Waals surface area (Å²) in [6.45, 7) is 3.42. The summed E-state index contributed by atoms with van der Waals surface area (Å²) in [5.41, 5.74) is 7.94. The number of rotatable bonds is 6. The molecule has 9 heteroatoms. The number of carbonyl (C=O) groups excluding carboxylic acids is 2. The van der Waals surface area contributed by atoms with Gasteiger partial charge in [0.1, 0.15) is 12.0 Å². The Kier molecular flexibility index (Phi) is 6.48. The van der Waals surface area contributed by atoms with Gasteiger partial charge in [-0.1, -0.05) is 0 Å². The van der Waals surface area contributed by atoms with Crippen molar-refractivity contribution in [3.05, 3.63) is 36.2 Å². The van der Waals surface area contributed by atoms with Crippen LogP contribution in [0.25, 0.3) is 0 Å². The first-order valence-corrected chi connectivity index (χ1v) is 9.51. The average molecular weight is 399 g/mol. The third-order valence-corrected chi connectivity index (χ3v) is 4.85. The lowest BCUT2D eigenvalue weighted by Crippen LogP contribution is -2.37. The second-order valence-electron chi connectivity index (χ2n) is 6.67. The number of hydrogen-bond donors (Lipinski definition) is 2. The van der Waals surface area contributed by atoms with Gasteiger partial charge in [0.05, 0.1) is 25.2 Å². The summed E-state index contributed by atoms with van der Waals surface area (Å²) in [5, 5.41) is 3.16. The zero-order valence-corrected chi connectivity index (χ0v) is 16.6. The molecular formula is C20H25N5O4. The number of piperidine rings is 1. The molecule has 0 radical (unpaired) electrons. The molecule has 0 spiro atoms. The van der Waals surface area contributed by atoms with Crippen molar-refractivity contribution in [3.63, 3.8) is 0 Å². The Morgan fingerprint density at radius 1 is 1.21 bits per heavy atom. The summed E-state index contributed by atoms with van der Waals surface area (Å²) in [6.07, 6.45) is 2.83.